The van der Waals surface area contributed by atoms with Gasteiger partial charge in [-0.3, -0.25) is 0 Å². The van der Waals surface area contributed by atoms with Gasteiger partial charge in [0, 0.05) is 11.1 Å². The topological polar surface area (TPSA) is 26.0 Å². The van der Waals surface area contributed by atoms with E-state index in [1.165, 1.54) is 0 Å². The van der Waals surface area contributed by atoms with Gasteiger partial charge in [-0.25, -0.2) is 0 Å². The third-order valence-corrected chi connectivity index (χ3v) is 1.90. The van der Waals surface area contributed by atoms with E-state index in [0.29, 0.717) is 15.8 Å². The van der Waals surface area contributed by atoms with E-state index in [4.69, 9.17) is 27.7 Å². The van der Waals surface area contributed by atoms with Crippen LogP contribution < -0.4 is 0 Å². The van der Waals surface area contributed by atoms with Crippen molar-refractivity contribution in [3.63, 3.8) is 0 Å². The van der Waals surface area contributed by atoms with E-state index in [1.54, 1.807) is 18.2 Å². The van der Waals surface area contributed by atoms with Crippen LogP contribution in [0.3, 0.4) is 0 Å². The second-order valence-electron chi connectivity index (χ2n) is 2.11. The lowest BCUT2D eigenvalue weighted by Gasteiger charge is -1.86. The SMILES string of the molecule is Clc1ccc2c(Cl)noc2c1. The average molecular weight is 188 g/mol. The molecule has 0 aliphatic heterocycles. The summed E-state index contributed by atoms with van der Waals surface area (Å²) >= 11 is 11.4. The van der Waals surface area contributed by atoms with Crippen molar-refractivity contribution in [2.45, 2.75) is 0 Å². The Morgan fingerprint density at radius 2 is 2.09 bits per heavy atom. The molecule has 1 aromatic carbocycles. The fourth-order valence-electron chi connectivity index (χ4n) is 0.881. The number of fused-ring (bicyclic) bond motifs is 1. The molecule has 0 saturated carbocycles. The Hall–Kier alpha value is -0.730. The maximum atomic E-state index is 5.70. The lowest BCUT2D eigenvalue weighted by atomic mass is 10.3. The normalized spacial score (nSPS) is 10.7. The standard InChI is InChI=1S/C7H3Cl2NO/c8-4-1-2-5-6(3-4)11-10-7(5)9/h1-3H. The number of aromatic nitrogens is 1. The van der Waals surface area contributed by atoms with Gasteiger partial charge in [0.15, 0.2) is 10.7 Å². The number of benzene rings is 1. The van der Waals surface area contributed by atoms with Gasteiger partial charge in [0.1, 0.15) is 0 Å². The largest absolute Gasteiger partial charge is 0.355 e. The highest BCUT2D eigenvalue weighted by atomic mass is 35.5. The summed E-state index contributed by atoms with van der Waals surface area (Å²) in [5.41, 5.74) is 0.613. The second kappa shape index (κ2) is 2.40. The van der Waals surface area contributed by atoms with E-state index in [9.17, 15) is 0 Å². The summed E-state index contributed by atoms with van der Waals surface area (Å²) < 4.78 is 4.86. The molecule has 1 heterocycles. The van der Waals surface area contributed by atoms with E-state index in [1.807, 2.05) is 0 Å². The van der Waals surface area contributed by atoms with Crippen molar-refractivity contribution in [2.75, 3.05) is 0 Å². The van der Waals surface area contributed by atoms with Gasteiger partial charge >= 0.3 is 0 Å². The van der Waals surface area contributed by atoms with Crippen LogP contribution >= 0.6 is 23.2 Å². The smallest absolute Gasteiger partial charge is 0.179 e. The molecule has 0 N–H and O–H groups in total. The highest BCUT2D eigenvalue weighted by Crippen LogP contribution is 2.24. The zero-order valence-corrected chi connectivity index (χ0v) is 6.86. The summed E-state index contributed by atoms with van der Waals surface area (Å²) in [6.45, 7) is 0. The van der Waals surface area contributed by atoms with Gasteiger partial charge in [-0.1, -0.05) is 28.4 Å². The average Bonchev–Trinajstić information content (AvgIpc) is 2.32. The summed E-state index contributed by atoms with van der Waals surface area (Å²) in [6.07, 6.45) is 0. The summed E-state index contributed by atoms with van der Waals surface area (Å²) in [5.74, 6) is 0. The van der Waals surface area contributed by atoms with Crippen LogP contribution in [0.15, 0.2) is 22.7 Å². The zero-order valence-electron chi connectivity index (χ0n) is 5.34. The van der Waals surface area contributed by atoms with Gasteiger partial charge in [0.25, 0.3) is 0 Å². The fourth-order valence-corrected chi connectivity index (χ4v) is 1.23. The monoisotopic (exact) mass is 187 g/mol. The molecule has 4 heteroatoms. The van der Waals surface area contributed by atoms with Crippen molar-refractivity contribution in [2.24, 2.45) is 0 Å². The number of hydrogen-bond acceptors (Lipinski definition) is 2. The molecule has 0 saturated heterocycles. The Bertz CT molecular complexity index is 396. The first-order chi connectivity index (χ1) is 5.27. The number of hydrogen-bond donors (Lipinski definition) is 0. The van der Waals surface area contributed by atoms with Gasteiger partial charge in [0.05, 0.1) is 5.39 Å². The van der Waals surface area contributed by atoms with Crippen LogP contribution in [0, 0.1) is 0 Å². The first kappa shape index (κ1) is 6.95. The Labute approximate surface area is 72.7 Å². The first-order valence-corrected chi connectivity index (χ1v) is 3.73. The Morgan fingerprint density at radius 3 is 2.91 bits per heavy atom. The van der Waals surface area contributed by atoms with Crippen molar-refractivity contribution in [3.05, 3.63) is 28.4 Å². The van der Waals surface area contributed by atoms with Crippen LogP contribution in [-0.2, 0) is 0 Å². The van der Waals surface area contributed by atoms with Gasteiger partial charge in [-0.2, -0.15) is 0 Å². The van der Waals surface area contributed by atoms with Gasteiger partial charge < -0.3 is 4.52 Å². The summed E-state index contributed by atoms with van der Waals surface area (Å²) in [6, 6.07) is 5.19. The highest BCUT2D eigenvalue weighted by Gasteiger charge is 2.04. The van der Waals surface area contributed by atoms with E-state index < -0.39 is 0 Å². The van der Waals surface area contributed by atoms with Crippen molar-refractivity contribution in [1.82, 2.24) is 5.16 Å². The summed E-state index contributed by atoms with van der Waals surface area (Å²) in [4.78, 5) is 0. The van der Waals surface area contributed by atoms with Crippen molar-refractivity contribution < 1.29 is 4.52 Å². The number of halogens is 2. The van der Waals surface area contributed by atoms with Crippen molar-refractivity contribution in [1.29, 1.82) is 0 Å². The second-order valence-corrected chi connectivity index (χ2v) is 2.91. The number of nitrogens with zero attached hydrogens (tertiary/aromatic N) is 1. The molecule has 0 fully saturated rings. The molecule has 0 bridgehead atoms. The van der Waals surface area contributed by atoms with Crippen LogP contribution in [0.25, 0.3) is 11.0 Å². The molecule has 0 amide bonds. The van der Waals surface area contributed by atoms with Crippen LogP contribution in [0.1, 0.15) is 0 Å². The quantitative estimate of drug-likeness (QED) is 0.634. The minimum atomic E-state index is 0.372. The third kappa shape index (κ3) is 1.08. The van der Waals surface area contributed by atoms with E-state index >= 15 is 0 Å². The highest BCUT2D eigenvalue weighted by molar-refractivity contribution is 6.35. The van der Waals surface area contributed by atoms with Gasteiger partial charge in [-0.15, -0.1) is 0 Å². The Morgan fingerprint density at radius 1 is 1.27 bits per heavy atom. The molecule has 0 aliphatic carbocycles. The van der Waals surface area contributed by atoms with Crippen LogP contribution in [0.2, 0.25) is 10.2 Å². The summed E-state index contributed by atoms with van der Waals surface area (Å²) in [5, 5.41) is 5.34. The molecule has 1 aromatic heterocycles. The molecule has 0 aliphatic rings. The van der Waals surface area contributed by atoms with E-state index in [2.05, 4.69) is 5.16 Å². The molecule has 11 heavy (non-hydrogen) atoms. The van der Waals surface area contributed by atoms with Crippen LogP contribution in [0.4, 0.5) is 0 Å². The minimum absolute atomic E-state index is 0.372. The van der Waals surface area contributed by atoms with Crippen molar-refractivity contribution in [3.8, 4) is 0 Å². The maximum absolute atomic E-state index is 5.70. The molecule has 0 atom stereocenters. The third-order valence-electron chi connectivity index (χ3n) is 1.39. The van der Waals surface area contributed by atoms with Crippen molar-refractivity contribution >= 4 is 34.2 Å². The molecule has 56 valence electrons. The maximum Gasteiger partial charge on any atom is 0.179 e. The Kier molecular flexibility index (Phi) is 1.51. The molecule has 0 unspecified atom stereocenters. The first-order valence-electron chi connectivity index (χ1n) is 2.98. The zero-order chi connectivity index (χ0) is 7.84. The fraction of sp³-hybridized carbons (Fsp3) is 0. The predicted molar refractivity (Wildman–Crippen MR) is 44.0 cm³/mol. The van der Waals surface area contributed by atoms with Gasteiger partial charge in [-0.05, 0) is 12.1 Å². The molecule has 2 nitrogen and oxygen atoms in total. The van der Waals surface area contributed by atoms with Crippen LogP contribution in [-0.4, -0.2) is 5.16 Å². The van der Waals surface area contributed by atoms with E-state index in [0.717, 1.165) is 5.39 Å². The van der Waals surface area contributed by atoms with Gasteiger partial charge in [0.2, 0.25) is 0 Å². The predicted octanol–water partition coefficient (Wildman–Crippen LogP) is 3.13. The summed E-state index contributed by atoms with van der Waals surface area (Å²) in [7, 11) is 0. The van der Waals surface area contributed by atoms with Crippen LogP contribution in [0.5, 0.6) is 0 Å². The molecular weight excluding hydrogens is 185 g/mol. The molecule has 0 radical (unpaired) electrons. The Balaban J connectivity index is 2.86. The molecule has 0 spiro atoms. The molecular formula is C7H3Cl2NO. The molecule has 2 aromatic rings. The number of rotatable bonds is 0. The minimum Gasteiger partial charge on any atom is -0.355 e. The lowest BCUT2D eigenvalue weighted by molar-refractivity contribution is 0.457. The lowest BCUT2D eigenvalue weighted by Crippen LogP contribution is -1.64. The molecule has 2 rings (SSSR count). The van der Waals surface area contributed by atoms with E-state index in [-0.39, 0.29) is 0 Å².